The first kappa shape index (κ1) is 15.0. The highest BCUT2D eigenvalue weighted by Crippen LogP contribution is 2.40. The van der Waals surface area contributed by atoms with E-state index in [1.807, 2.05) is 29.3 Å². The summed E-state index contributed by atoms with van der Waals surface area (Å²) in [5.74, 6) is 0.157. The molecular formula is C16H23NO3S. The molecule has 2 unspecified atom stereocenters. The van der Waals surface area contributed by atoms with Crippen molar-refractivity contribution in [2.24, 2.45) is 5.41 Å². The Kier molecular flexibility index (Phi) is 4.62. The minimum absolute atomic E-state index is 0.0145. The number of carbonyl (C=O) groups is 1. The number of hydrogen-bond acceptors (Lipinski definition) is 4. The molecule has 0 saturated carbocycles. The fourth-order valence-corrected chi connectivity index (χ4v) is 4.23. The molecule has 3 rings (SSSR count). The summed E-state index contributed by atoms with van der Waals surface area (Å²) in [6.07, 6.45) is 3.31. The van der Waals surface area contributed by atoms with Gasteiger partial charge in [0.2, 0.25) is 0 Å². The van der Waals surface area contributed by atoms with Crippen LogP contribution in [0, 0.1) is 5.41 Å². The smallest absolute Gasteiger partial charge is 0.263 e. The fourth-order valence-electron chi connectivity index (χ4n) is 3.54. The zero-order chi connectivity index (χ0) is 14.7. The average molecular weight is 309 g/mol. The lowest BCUT2D eigenvalue weighted by atomic mass is 9.73. The van der Waals surface area contributed by atoms with Crippen LogP contribution in [0.1, 0.15) is 35.9 Å². The minimum atomic E-state index is -0.0145. The number of ether oxygens (including phenoxy) is 2. The SMILES string of the molecule is CCOCC12CCCOC1CCN(C(=O)c1cccs1)C2. The molecule has 0 aromatic carbocycles. The van der Waals surface area contributed by atoms with Gasteiger partial charge in [-0.15, -0.1) is 11.3 Å². The number of carbonyl (C=O) groups excluding carboxylic acids is 1. The van der Waals surface area contributed by atoms with Crippen molar-refractivity contribution in [2.75, 3.05) is 32.9 Å². The molecule has 1 amide bonds. The van der Waals surface area contributed by atoms with Gasteiger partial charge in [-0.3, -0.25) is 4.79 Å². The molecular weight excluding hydrogens is 286 g/mol. The molecule has 0 aliphatic carbocycles. The van der Waals surface area contributed by atoms with Gasteiger partial charge in [-0.05, 0) is 37.6 Å². The molecule has 0 N–H and O–H groups in total. The summed E-state index contributed by atoms with van der Waals surface area (Å²) in [5, 5.41) is 1.96. The van der Waals surface area contributed by atoms with Gasteiger partial charge in [-0.2, -0.15) is 0 Å². The van der Waals surface area contributed by atoms with Crippen molar-refractivity contribution in [2.45, 2.75) is 32.3 Å². The highest BCUT2D eigenvalue weighted by atomic mass is 32.1. The predicted octanol–water partition coefficient (Wildman–Crippen LogP) is 2.80. The van der Waals surface area contributed by atoms with E-state index in [0.717, 1.165) is 43.8 Å². The Hall–Kier alpha value is -0.910. The summed E-state index contributed by atoms with van der Waals surface area (Å²) < 4.78 is 11.7. The molecule has 1 aromatic heterocycles. The first-order chi connectivity index (χ1) is 10.2. The molecule has 4 nitrogen and oxygen atoms in total. The first-order valence-corrected chi connectivity index (χ1v) is 8.65. The number of piperidine rings is 1. The molecule has 2 aliphatic rings. The van der Waals surface area contributed by atoms with Crippen molar-refractivity contribution in [3.63, 3.8) is 0 Å². The standard InChI is InChI=1S/C16H23NO3S/c1-2-19-12-16-7-4-9-20-14(16)6-8-17(11-16)15(18)13-5-3-10-21-13/h3,5,10,14H,2,4,6-9,11-12H2,1H3. The van der Waals surface area contributed by atoms with E-state index in [2.05, 4.69) is 0 Å². The molecule has 1 aromatic rings. The van der Waals surface area contributed by atoms with Crippen LogP contribution in [0.25, 0.3) is 0 Å². The summed E-state index contributed by atoms with van der Waals surface area (Å²) in [6.45, 7) is 5.82. The van der Waals surface area contributed by atoms with Crippen LogP contribution < -0.4 is 0 Å². The van der Waals surface area contributed by atoms with Crippen LogP contribution in [0.5, 0.6) is 0 Å². The summed E-state index contributed by atoms with van der Waals surface area (Å²) >= 11 is 1.52. The van der Waals surface area contributed by atoms with E-state index in [9.17, 15) is 4.79 Å². The van der Waals surface area contributed by atoms with Crippen LogP contribution >= 0.6 is 11.3 Å². The van der Waals surface area contributed by atoms with E-state index in [1.54, 1.807) is 0 Å². The zero-order valence-corrected chi connectivity index (χ0v) is 13.4. The van der Waals surface area contributed by atoms with Crippen molar-refractivity contribution in [1.82, 2.24) is 4.90 Å². The van der Waals surface area contributed by atoms with Crippen molar-refractivity contribution in [3.05, 3.63) is 22.4 Å². The van der Waals surface area contributed by atoms with Gasteiger partial charge in [-0.25, -0.2) is 0 Å². The number of fused-ring (bicyclic) bond motifs is 1. The van der Waals surface area contributed by atoms with Crippen molar-refractivity contribution in [3.8, 4) is 0 Å². The molecule has 5 heteroatoms. The number of nitrogens with zero attached hydrogens (tertiary/aromatic N) is 1. The first-order valence-electron chi connectivity index (χ1n) is 7.77. The molecule has 116 valence electrons. The molecule has 21 heavy (non-hydrogen) atoms. The van der Waals surface area contributed by atoms with E-state index in [0.29, 0.717) is 13.2 Å². The van der Waals surface area contributed by atoms with Gasteiger partial charge in [0.25, 0.3) is 5.91 Å². The Labute approximate surface area is 130 Å². The van der Waals surface area contributed by atoms with Gasteiger partial charge in [0.1, 0.15) is 0 Å². The Morgan fingerprint density at radius 3 is 3.29 bits per heavy atom. The Bertz CT molecular complexity index is 476. The maximum atomic E-state index is 12.6. The Morgan fingerprint density at radius 2 is 2.52 bits per heavy atom. The normalized spacial score (nSPS) is 29.2. The second-order valence-electron chi connectivity index (χ2n) is 5.96. The van der Waals surface area contributed by atoms with Gasteiger partial charge in [0, 0.05) is 31.7 Å². The largest absolute Gasteiger partial charge is 0.381 e. The Balaban J connectivity index is 1.76. The number of hydrogen-bond donors (Lipinski definition) is 0. The second-order valence-corrected chi connectivity index (χ2v) is 6.90. The fraction of sp³-hybridized carbons (Fsp3) is 0.688. The van der Waals surface area contributed by atoms with E-state index in [-0.39, 0.29) is 17.4 Å². The third-order valence-electron chi connectivity index (χ3n) is 4.60. The topological polar surface area (TPSA) is 38.8 Å². The number of rotatable bonds is 4. The molecule has 0 bridgehead atoms. The van der Waals surface area contributed by atoms with E-state index in [1.165, 1.54) is 11.3 Å². The highest BCUT2D eigenvalue weighted by molar-refractivity contribution is 7.12. The molecule has 0 radical (unpaired) electrons. The zero-order valence-electron chi connectivity index (χ0n) is 12.5. The Morgan fingerprint density at radius 1 is 1.62 bits per heavy atom. The summed E-state index contributed by atoms with van der Waals surface area (Å²) in [4.78, 5) is 15.4. The van der Waals surface area contributed by atoms with Crippen LogP contribution in [-0.2, 0) is 9.47 Å². The average Bonchev–Trinajstić information content (AvgIpc) is 3.06. The lowest BCUT2D eigenvalue weighted by Crippen LogP contribution is -2.58. The van der Waals surface area contributed by atoms with Crippen LogP contribution in [0.3, 0.4) is 0 Å². The second kappa shape index (κ2) is 6.46. The van der Waals surface area contributed by atoms with Crippen LogP contribution in [0.15, 0.2) is 17.5 Å². The van der Waals surface area contributed by atoms with Gasteiger partial charge >= 0.3 is 0 Å². The maximum absolute atomic E-state index is 12.6. The number of thiophene rings is 1. The van der Waals surface area contributed by atoms with Crippen LogP contribution in [-0.4, -0.2) is 49.8 Å². The molecule has 3 heterocycles. The molecule has 2 atom stereocenters. The van der Waals surface area contributed by atoms with Crippen LogP contribution in [0.4, 0.5) is 0 Å². The lowest BCUT2D eigenvalue weighted by Gasteiger charge is -2.50. The predicted molar refractivity (Wildman–Crippen MR) is 82.7 cm³/mol. The van der Waals surface area contributed by atoms with Gasteiger partial charge < -0.3 is 14.4 Å². The lowest BCUT2D eigenvalue weighted by molar-refractivity contribution is -0.145. The highest BCUT2D eigenvalue weighted by Gasteiger charge is 2.47. The molecule has 0 spiro atoms. The minimum Gasteiger partial charge on any atom is -0.381 e. The van der Waals surface area contributed by atoms with E-state index < -0.39 is 0 Å². The van der Waals surface area contributed by atoms with Gasteiger partial charge in [-0.1, -0.05) is 6.07 Å². The number of amides is 1. The summed E-state index contributed by atoms with van der Waals surface area (Å²) in [6, 6.07) is 3.84. The monoisotopic (exact) mass is 309 g/mol. The summed E-state index contributed by atoms with van der Waals surface area (Å²) in [7, 11) is 0. The molecule has 2 fully saturated rings. The van der Waals surface area contributed by atoms with Gasteiger partial charge in [0.05, 0.1) is 17.6 Å². The number of likely N-dealkylation sites (tertiary alicyclic amines) is 1. The molecule has 2 aliphatic heterocycles. The third-order valence-corrected chi connectivity index (χ3v) is 5.46. The van der Waals surface area contributed by atoms with E-state index >= 15 is 0 Å². The van der Waals surface area contributed by atoms with Crippen molar-refractivity contribution in [1.29, 1.82) is 0 Å². The summed E-state index contributed by atoms with van der Waals surface area (Å²) in [5.41, 5.74) is -0.0145. The quantitative estimate of drug-likeness (QED) is 0.858. The third kappa shape index (κ3) is 3.00. The maximum Gasteiger partial charge on any atom is 0.263 e. The van der Waals surface area contributed by atoms with E-state index in [4.69, 9.17) is 9.47 Å². The molecule has 2 saturated heterocycles. The van der Waals surface area contributed by atoms with Crippen molar-refractivity contribution < 1.29 is 14.3 Å². The van der Waals surface area contributed by atoms with Crippen LogP contribution in [0.2, 0.25) is 0 Å². The van der Waals surface area contributed by atoms with Crippen molar-refractivity contribution >= 4 is 17.2 Å². The van der Waals surface area contributed by atoms with Gasteiger partial charge in [0.15, 0.2) is 0 Å².